The van der Waals surface area contributed by atoms with Crippen molar-refractivity contribution in [3.05, 3.63) is 66.5 Å². The number of carbonyl (C=O) groups is 1. The molecule has 0 bridgehead atoms. The number of halogens is 1. The average Bonchev–Trinajstić information content (AvgIpc) is 2.84. The van der Waals surface area contributed by atoms with E-state index in [1.807, 2.05) is 36.4 Å². The first kappa shape index (κ1) is 21.5. The third-order valence-electron chi connectivity index (χ3n) is 5.39. The van der Waals surface area contributed by atoms with Crippen molar-refractivity contribution < 1.29 is 18.7 Å². The lowest BCUT2D eigenvalue weighted by atomic mass is 10.1. The number of nitrogens with zero attached hydrogens (tertiary/aromatic N) is 4. The van der Waals surface area contributed by atoms with Gasteiger partial charge in [0.15, 0.2) is 11.9 Å². The Bertz CT molecular complexity index is 1070. The van der Waals surface area contributed by atoms with Gasteiger partial charge in [-0.25, -0.2) is 4.39 Å². The van der Waals surface area contributed by atoms with Crippen LogP contribution >= 0.6 is 0 Å². The minimum absolute atomic E-state index is 0.117. The van der Waals surface area contributed by atoms with E-state index in [9.17, 15) is 9.18 Å². The van der Waals surface area contributed by atoms with Crippen molar-refractivity contribution in [2.45, 2.75) is 13.0 Å². The van der Waals surface area contributed by atoms with Crippen molar-refractivity contribution in [3.8, 4) is 22.8 Å². The molecule has 0 spiro atoms. The van der Waals surface area contributed by atoms with Gasteiger partial charge in [0.25, 0.3) is 5.91 Å². The minimum Gasteiger partial charge on any atom is -0.497 e. The molecule has 2 aromatic carbocycles. The van der Waals surface area contributed by atoms with E-state index in [0.717, 1.165) is 22.8 Å². The second kappa shape index (κ2) is 9.64. The van der Waals surface area contributed by atoms with Gasteiger partial charge in [0, 0.05) is 37.8 Å². The zero-order valence-corrected chi connectivity index (χ0v) is 18.1. The molecule has 4 rings (SSSR count). The van der Waals surface area contributed by atoms with Gasteiger partial charge >= 0.3 is 0 Å². The monoisotopic (exact) mass is 436 g/mol. The summed E-state index contributed by atoms with van der Waals surface area (Å²) in [6.07, 6.45) is -0.690. The van der Waals surface area contributed by atoms with Gasteiger partial charge in [0.2, 0.25) is 0 Å². The summed E-state index contributed by atoms with van der Waals surface area (Å²) in [6, 6.07) is 17.4. The van der Waals surface area contributed by atoms with Crippen LogP contribution in [0.1, 0.15) is 6.92 Å². The smallest absolute Gasteiger partial charge is 0.263 e. The number of anilines is 1. The summed E-state index contributed by atoms with van der Waals surface area (Å²) >= 11 is 0. The first-order chi connectivity index (χ1) is 15.5. The number of methoxy groups -OCH3 is 1. The van der Waals surface area contributed by atoms with Crippen LogP contribution in [0.15, 0.2) is 60.7 Å². The van der Waals surface area contributed by atoms with E-state index in [0.29, 0.717) is 31.9 Å². The van der Waals surface area contributed by atoms with Gasteiger partial charge in [-0.1, -0.05) is 18.2 Å². The van der Waals surface area contributed by atoms with Crippen molar-refractivity contribution in [1.82, 2.24) is 15.1 Å². The van der Waals surface area contributed by atoms with Crippen LogP contribution < -0.4 is 14.4 Å². The molecule has 32 heavy (non-hydrogen) atoms. The molecule has 1 fully saturated rings. The van der Waals surface area contributed by atoms with Crippen LogP contribution in [0.3, 0.4) is 0 Å². The van der Waals surface area contributed by atoms with Gasteiger partial charge in [-0.15, -0.1) is 10.2 Å². The number of ether oxygens (including phenoxy) is 2. The second-order valence-corrected chi connectivity index (χ2v) is 7.54. The van der Waals surface area contributed by atoms with Gasteiger partial charge in [0.1, 0.15) is 17.3 Å². The predicted molar refractivity (Wildman–Crippen MR) is 119 cm³/mol. The molecule has 1 aliphatic rings. The zero-order chi connectivity index (χ0) is 22.5. The van der Waals surface area contributed by atoms with Crippen LogP contribution in [0.4, 0.5) is 10.2 Å². The largest absolute Gasteiger partial charge is 0.497 e. The molecule has 1 aliphatic heterocycles. The highest BCUT2D eigenvalue weighted by atomic mass is 19.1. The maximum Gasteiger partial charge on any atom is 0.263 e. The highest BCUT2D eigenvalue weighted by Crippen LogP contribution is 2.23. The summed E-state index contributed by atoms with van der Waals surface area (Å²) in [5, 5.41) is 8.73. The van der Waals surface area contributed by atoms with Crippen LogP contribution in [0.2, 0.25) is 0 Å². The van der Waals surface area contributed by atoms with Gasteiger partial charge in [-0.3, -0.25) is 4.79 Å². The van der Waals surface area contributed by atoms with Crippen molar-refractivity contribution >= 4 is 11.7 Å². The molecule has 166 valence electrons. The lowest BCUT2D eigenvalue weighted by molar-refractivity contribution is -0.138. The van der Waals surface area contributed by atoms with Crippen molar-refractivity contribution in [1.29, 1.82) is 0 Å². The van der Waals surface area contributed by atoms with Gasteiger partial charge in [-0.2, -0.15) is 0 Å². The molecule has 3 aromatic rings. The fourth-order valence-electron chi connectivity index (χ4n) is 3.64. The van der Waals surface area contributed by atoms with Crippen LogP contribution in [-0.4, -0.2) is 60.4 Å². The molecule has 0 radical (unpaired) electrons. The molecular weight excluding hydrogens is 411 g/mol. The number of amides is 1. The third kappa shape index (κ3) is 4.96. The molecule has 1 unspecified atom stereocenters. The topological polar surface area (TPSA) is 67.8 Å². The number of aromatic nitrogens is 2. The number of hydrogen-bond donors (Lipinski definition) is 0. The minimum atomic E-state index is -0.690. The molecule has 7 nitrogen and oxygen atoms in total. The maximum atomic E-state index is 13.3. The first-order valence-electron chi connectivity index (χ1n) is 10.5. The van der Waals surface area contributed by atoms with Crippen LogP contribution in [0, 0.1) is 5.82 Å². The number of rotatable bonds is 6. The third-order valence-corrected chi connectivity index (χ3v) is 5.39. The summed E-state index contributed by atoms with van der Waals surface area (Å²) in [7, 11) is 1.63. The predicted octanol–water partition coefficient (Wildman–Crippen LogP) is 3.41. The van der Waals surface area contributed by atoms with E-state index >= 15 is 0 Å². The highest BCUT2D eigenvalue weighted by molar-refractivity contribution is 5.81. The fourth-order valence-corrected chi connectivity index (χ4v) is 3.64. The molecular formula is C24H25FN4O3. The van der Waals surface area contributed by atoms with Gasteiger partial charge in [0.05, 0.1) is 12.8 Å². The van der Waals surface area contributed by atoms with Crippen molar-refractivity contribution in [3.63, 3.8) is 0 Å². The SMILES string of the molecule is COc1cccc(-c2ccc(N3CCN(C(=O)C(C)Oc4cccc(F)c4)CC3)nn2)c1. The van der Waals surface area contributed by atoms with E-state index in [2.05, 4.69) is 15.1 Å². The molecule has 1 aromatic heterocycles. The van der Waals surface area contributed by atoms with Crippen LogP contribution in [0.5, 0.6) is 11.5 Å². The molecule has 2 heterocycles. The number of benzene rings is 2. The van der Waals surface area contributed by atoms with Gasteiger partial charge < -0.3 is 19.3 Å². The Kier molecular flexibility index (Phi) is 6.49. The summed E-state index contributed by atoms with van der Waals surface area (Å²) in [4.78, 5) is 16.6. The Morgan fingerprint density at radius 3 is 2.41 bits per heavy atom. The number of carbonyl (C=O) groups excluding carboxylic acids is 1. The summed E-state index contributed by atoms with van der Waals surface area (Å²) in [5.41, 5.74) is 1.70. The maximum absolute atomic E-state index is 13.3. The molecule has 0 aliphatic carbocycles. The van der Waals surface area contributed by atoms with E-state index in [-0.39, 0.29) is 5.91 Å². The molecule has 1 atom stereocenters. The van der Waals surface area contributed by atoms with E-state index in [1.54, 1.807) is 31.1 Å². The normalized spacial score (nSPS) is 14.7. The van der Waals surface area contributed by atoms with E-state index in [4.69, 9.17) is 9.47 Å². The molecule has 0 N–H and O–H groups in total. The van der Waals surface area contributed by atoms with Crippen molar-refractivity contribution in [2.24, 2.45) is 0 Å². The Hall–Kier alpha value is -3.68. The van der Waals surface area contributed by atoms with Crippen LogP contribution in [-0.2, 0) is 4.79 Å². The Morgan fingerprint density at radius 2 is 1.72 bits per heavy atom. The summed E-state index contributed by atoms with van der Waals surface area (Å²) in [6.45, 7) is 4.07. The lowest BCUT2D eigenvalue weighted by Gasteiger charge is -2.36. The summed E-state index contributed by atoms with van der Waals surface area (Å²) in [5.74, 6) is 1.37. The Labute approximate surface area is 186 Å². The van der Waals surface area contributed by atoms with E-state index < -0.39 is 11.9 Å². The van der Waals surface area contributed by atoms with Crippen LogP contribution in [0.25, 0.3) is 11.3 Å². The molecule has 8 heteroatoms. The summed E-state index contributed by atoms with van der Waals surface area (Å²) < 4.78 is 24.2. The molecule has 1 saturated heterocycles. The number of piperazine rings is 1. The quantitative estimate of drug-likeness (QED) is 0.590. The standard InChI is InChI=1S/C24H25FN4O3/c1-17(32-21-8-4-6-19(25)16-21)24(30)29-13-11-28(12-14-29)23-10-9-22(26-27-23)18-5-3-7-20(15-18)31-2/h3-10,15-17H,11-14H2,1-2H3. The highest BCUT2D eigenvalue weighted by Gasteiger charge is 2.26. The Morgan fingerprint density at radius 1 is 0.969 bits per heavy atom. The second-order valence-electron chi connectivity index (χ2n) is 7.54. The van der Waals surface area contributed by atoms with E-state index in [1.165, 1.54) is 12.1 Å². The average molecular weight is 436 g/mol. The zero-order valence-electron chi connectivity index (χ0n) is 18.1. The lowest BCUT2D eigenvalue weighted by Crippen LogP contribution is -2.52. The number of hydrogen-bond acceptors (Lipinski definition) is 6. The Balaban J connectivity index is 1.33. The molecule has 0 saturated carbocycles. The fraction of sp³-hybridized carbons (Fsp3) is 0.292. The first-order valence-corrected chi connectivity index (χ1v) is 10.5. The van der Waals surface area contributed by atoms with Crippen molar-refractivity contribution in [2.75, 3.05) is 38.2 Å². The molecule has 1 amide bonds. The van der Waals surface area contributed by atoms with Gasteiger partial charge in [-0.05, 0) is 43.3 Å².